The molecule has 0 saturated carbocycles. The van der Waals surface area contributed by atoms with Gasteiger partial charge in [-0.1, -0.05) is 0 Å². The average molecular weight is 251 g/mol. The fraction of sp³-hybridized carbons (Fsp3) is 0.333. The highest BCUT2D eigenvalue weighted by atomic mass is 35.5. The van der Waals surface area contributed by atoms with Gasteiger partial charge in [0.1, 0.15) is 5.69 Å². The standard InChI is InChI=1S/C9H9ClF2N2O2/c10-3-4-1-6(9(11)12)14-5(8(4)13)2-7(15)16/h1,9H,2-3,13H2,(H,15,16). The zero-order valence-corrected chi connectivity index (χ0v) is 8.84. The van der Waals surface area contributed by atoms with E-state index in [1.807, 2.05) is 0 Å². The molecule has 0 aromatic carbocycles. The number of aliphatic carboxylic acids is 1. The number of carbonyl (C=O) groups is 1. The second-order valence-corrected chi connectivity index (χ2v) is 3.34. The molecule has 1 rings (SSSR count). The molecule has 0 aliphatic carbocycles. The summed E-state index contributed by atoms with van der Waals surface area (Å²) in [6.45, 7) is 0. The molecule has 3 N–H and O–H groups in total. The highest BCUT2D eigenvalue weighted by Gasteiger charge is 2.17. The molecule has 0 atom stereocenters. The van der Waals surface area contributed by atoms with E-state index >= 15 is 0 Å². The molecule has 1 heterocycles. The van der Waals surface area contributed by atoms with Crippen LogP contribution in [0, 0.1) is 0 Å². The molecule has 16 heavy (non-hydrogen) atoms. The van der Waals surface area contributed by atoms with Gasteiger partial charge in [0, 0.05) is 5.88 Å². The quantitative estimate of drug-likeness (QED) is 0.801. The largest absolute Gasteiger partial charge is 0.481 e. The minimum Gasteiger partial charge on any atom is -0.481 e. The fourth-order valence-electron chi connectivity index (χ4n) is 1.19. The van der Waals surface area contributed by atoms with Gasteiger partial charge in [-0.3, -0.25) is 4.79 Å². The predicted molar refractivity (Wildman–Crippen MR) is 54.5 cm³/mol. The molecular weight excluding hydrogens is 242 g/mol. The summed E-state index contributed by atoms with van der Waals surface area (Å²) < 4.78 is 24.9. The number of nitrogens with two attached hydrogens (primary N) is 1. The number of hydrogen-bond acceptors (Lipinski definition) is 3. The lowest BCUT2D eigenvalue weighted by Crippen LogP contribution is -2.10. The Hall–Kier alpha value is -1.43. The van der Waals surface area contributed by atoms with E-state index < -0.39 is 24.5 Å². The van der Waals surface area contributed by atoms with Gasteiger partial charge >= 0.3 is 5.97 Å². The van der Waals surface area contributed by atoms with Crippen molar-refractivity contribution < 1.29 is 18.7 Å². The van der Waals surface area contributed by atoms with E-state index in [0.717, 1.165) is 6.07 Å². The normalized spacial score (nSPS) is 10.8. The van der Waals surface area contributed by atoms with Crippen LogP contribution in [-0.2, 0) is 17.1 Å². The van der Waals surface area contributed by atoms with E-state index in [-0.39, 0.29) is 22.8 Å². The predicted octanol–water partition coefficient (Wildman–Crippen LogP) is 1.97. The number of pyridine rings is 1. The van der Waals surface area contributed by atoms with E-state index in [1.165, 1.54) is 0 Å². The number of hydrogen-bond donors (Lipinski definition) is 2. The van der Waals surface area contributed by atoms with Crippen LogP contribution in [0.15, 0.2) is 6.07 Å². The molecule has 1 aromatic rings. The number of carboxylic acids is 1. The van der Waals surface area contributed by atoms with Gasteiger partial charge < -0.3 is 10.8 Å². The molecular formula is C9H9ClF2N2O2. The van der Waals surface area contributed by atoms with Gasteiger partial charge in [-0.15, -0.1) is 11.6 Å². The SMILES string of the molecule is Nc1c(CCl)cc(C(F)F)nc1CC(=O)O. The van der Waals surface area contributed by atoms with Gasteiger partial charge in [-0.05, 0) is 11.6 Å². The van der Waals surface area contributed by atoms with Crippen molar-refractivity contribution in [2.75, 3.05) is 5.73 Å². The minimum absolute atomic E-state index is 0.0572. The first-order valence-corrected chi connectivity index (χ1v) is 4.83. The van der Waals surface area contributed by atoms with Crippen molar-refractivity contribution >= 4 is 23.3 Å². The second kappa shape index (κ2) is 5.07. The Labute approximate surface area is 95.0 Å². The molecule has 4 nitrogen and oxygen atoms in total. The van der Waals surface area contributed by atoms with Crippen molar-refractivity contribution in [3.8, 4) is 0 Å². The number of nitrogen functional groups attached to an aromatic ring is 1. The smallest absolute Gasteiger partial charge is 0.309 e. The first-order chi connectivity index (χ1) is 7.45. The maximum absolute atomic E-state index is 12.4. The van der Waals surface area contributed by atoms with Crippen molar-refractivity contribution in [2.45, 2.75) is 18.7 Å². The number of anilines is 1. The van der Waals surface area contributed by atoms with Crippen LogP contribution in [0.2, 0.25) is 0 Å². The molecule has 0 aliphatic heterocycles. The summed E-state index contributed by atoms with van der Waals surface area (Å²) in [5.74, 6) is -1.26. The highest BCUT2D eigenvalue weighted by molar-refractivity contribution is 6.17. The van der Waals surface area contributed by atoms with Crippen LogP contribution in [0.3, 0.4) is 0 Å². The molecule has 0 saturated heterocycles. The first-order valence-electron chi connectivity index (χ1n) is 4.29. The van der Waals surface area contributed by atoms with Gasteiger partial charge in [0.15, 0.2) is 0 Å². The van der Waals surface area contributed by atoms with Crippen molar-refractivity contribution in [3.05, 3.63) is 23.0 Å². The Balaban J connectivity index is 3.24. The van der Waals surface area contributed by atoms with Crippen LogP contribution in [-0.4, -0.2) is 16.1 Å². The van der Waals surface area contributed by atoms with Gasteiger partial charge in [0.05, 0.1) is 17.8 Å². The lowest BCUT2D eigenvalue weighted by atomic mass is 10.1. The Morgan fingerprint density at radius 2 is 2.25 bits per heavy atom. The lowest BCUT2D eigenvalue weighted by molar-refractivity contribution is -0.136. The van der Waals surface area contributed by atoms with Gasteiger partial charge in [0.25, 0.3) is 6.43 Å². The van der Waals surface area contributed by atoms with E-state index in [4.69, 9.17) is 22.4 Å². The summed E-state index contributed by atoms with van der Waals surface area (Å²) in [4.78, 5) is 14.0. The zero-order valence-electron chi connectivity index (χ0n) is 8.08. The van der Waals surface area contributed by atoms with Crippen LogP contribution in [0.25, 0.3) is 0 Å². The Morgan fingerprint density at radius 3 is 2.69 bits per heavy atom. The molecule has 1 aromatic heterocycles. The van der Waals surface area contributed by atoms with Crippen LogP contribution in [0.5, 0.6) is 0 Å². The zero-order chi connectivity index (χ0) is 12.3. The topological polar surface area (TPSA) is 76.2 Å². The molecule has 0 spiro atoms. The molecule has 0 amide bonds. The fourth-order valence-corrected chi connectivity index (χ4v) is 1.41. The van der Waals surface area contributed by atoms with Crippen molar-refractivity contribution in [1.29, 1.82) is 0 Å². The third-order valence-corrected chi connectivity index (χ3v) is 2.22. The van der Waals surface area contributed by atoms with E-state index in [2.05, 4.69) is 4.98 Å². The van der Waals surface area contributed by atoms with Gasteiger partial charge in [0.2, 0.25) is 0 Å². The number of carboxylic acid groups (broad SMARTS) is 1. The summed E-state index contributed by atoms with van der Waals surface area (Å²) in [6.07, 6.45) is -3.29. The summed E-state index contributed by atoms with van der Waals surface area (Å²) in [7, 11) is 0. The Bertz CT molecular complexity index is 413. The number of nitrogens with zero attached hydrogens (tertiary/aromatic N) is 1. The number of rotatable bonds is 4. The summed E-state index contributed by atoms with van der Waals surface area (Å²) >= 11 is 5.52. The average Bonchev–Trinajstić information content (AvgIpc) is 2.20. The second-order valence-electron chi connectivity index (χ2n) is 3.07. The molecule has 7 heteroatoms. The molecule has 0 radical (unpaired) electrons. The molecule has 0 bridgehead atoms. The van der Waals surface area contributed by atoms with Crippen LogP contribution in [0.1, 0.15) is 23.4 Å². The van der Waals surface area contributed by atoms with Crippen molar-refractivity contribution in [1.82, 2.24) is 4.98 Å². The maximum atomic E-state index is 12.4. The summed E-state index contributed by atoms with van der Waals surface area (Å²) in [5, 5.41) is 8.57. The molecule has 88 valence electrons. The van der Waals surface area contributed by atoms with Crippen LogP contribution >= 0.6 is 11.6 Å². The molecule has 0 aliphatic rings. The summed E-state index contributed by atoms with van der Waals surface area (Å²) in [6, 6.07) is 1.08. The number of aromatic nitrogens is 1. The van der Waals surface area contributed by atoms with Crippen molar-refractivity contribution in [2.24, 2.45) is 0 Å². The Kier molecular flexibility index (Phi) is 4.00. The first kappa shape index (κ1) is 12.6. The summed E-state index contributed by atoms with van der Waals surface area (Å²) in [5.41, 5.74) is 5.28. The van der Waals surface area contributed by atoms with Gasteiger partial charge in [-0.25, -0.2) is 13.8 Å². The van der Waals surface area contributed by atoms with Gasteiger partial charge in [-0.2, -0.15) is 0 Å². The molecule has 0 unspecified atom stereocenters. The maximum Gasteiger partial charge on any atom is 0.309 e. The van der Waals surface area contributed by atoms with E-state index in [1.54, 1.807) is 0 Å². The lowest BCUT2D eigenvalue weighted by Gasteiger charge is -2.10. The molecule has 0 fully saturated rings. The number of halogens is 3. The Morgan fingerprint density at radius 1 is 1.62 bits per heavy atom. The minimum atomic E-state index is -2.78. The van der Waals surface area contributed by atoms with Crippen molar-refractivity contribution in [3.63, 3.8) is 0 Å². The highest BCUT2D eigenvalue weighted by Crippen LogP contribution is 2.25. The third-order valence-electron chi connectivity index (χ3n) is 1.93. The van der Waals surface area contributed by atoms with E-state index in [0.29, 0.717) is 0 Å². The van der Waals surface area contributed by atoms with E-state index in [9.17, 15) is 13.6 Å². The third kappa shape index (κ3) is 2.79. The van der Waals surface area contributed by atoms with Crippen LogP contribution < -0.4 is 5.73 Å². The monoisotopic (exact) mass is 250 g/mol. The van der Waals surface area contributed by atoms with Crippen LogP contribution in [0.4, 0.5) is 14.5 Å². The number of alkyl halides is 3.